The van der Waals surface area contributed by atoms with Crippen molar-refractivity contribution in [3.63, 3.8) is 0 Å². The molecular formula is C16H29NO3S. The lowest BCUT2D eigenvalue weighted by Crippen LogP contribution is -2.36. The van der Waals surface area contributed by atoms with Crippen molar-refractivity contribution < 1.29 is 14.7 Å². The maximum absolute atomic E-state index is 11.8. The number of carboxylic acid groups (broad SMARTS) is 1. The van der Waals surface area contributed by atoms with Crippen molar-refractivity contribution >= 4 is 23.6 Å². The van der Waals surface area contributed by atoms with E-state index in [1.54, 1.807) is 0 Å². The zero-order valence-corrected chi connectivity index (χ0v) is 13.8. The van der Waals surface area contributed by atoms with Gasteiger partial charge in [-0.2, -0.15) is 0 Å². The Morgan fingerprint density at radius 1 is 0.857 bits per heavy atom. The zero-order valence-electron chi connectivity index (χ0n) is 12.9. The average molecular weight is 315 g/mol. The van der Waals surface area contributed by atoms with Gasteiger partial charge in [0.2, 0.25) is 5.91 Å². The van der Waals surface area contributed by atoms with Crippen LogP contribution < -0.4 is 5.32 Å². The Hall–Kier alpha value is -0.710. The molecule has 0 aliphatic heterocycles. The standard InChI is InChI=1S/C16H29NO3S/c18-15(12-21-13-16(19)20)17-14-10-8-6-4-2-1-3-5-7-9-11-14/h14H,1-13H2,(H,17,18)(H,19,20). The monoisotopic (exact) mass is 315 g/mol. The molecule has 0 aromatic heterocycles. The van der Waals surface area contributed by atoms with Crippen LogP contribution in [0.3, 0.4) is 0 Å². The summed E-state index contributed by atoms with van der Waals surface area (Å²) in [5.41, 5.74) is 0. The second-order valence-electron chi connectivity index (χ2n) is 5.91. The second kappa shape index (κ2) is 11.9. The van der Waals surface area contributed by atoms with Crippen LogP contribution in [0, 0.1) is 0 Å². The summed E-state index contributed by atoms with van der Waals surface area (Å²) in [4.78, 5) is 22.3. The van der Waals surface area contributed by atoms with Crippen molar-refractivity contribution in [3.05, 3.63) is 0 Å². The molecule has 0 bridgehead atoms. The molecule has 1 amide bonds. The van der Waals surface area contributed by atoms with Crippen LogP contribution >= 0.6 is 11.8 Å². The number of rotatable bonds is 5. The largest absolute Gasteiger partial charge is 0.481 e. The van der Waals surface area contributed by atoms with Gasteiger partial charge in [0.05, 0.1) is 11.5 Å². The molecule has 1 rings (SSSR count). The van der Waals surface area contributed by atoms with Crippen LogP contribution in [0.15, 0.2) is 0 Å². The molecule has 1 fully saturated rings. The van der Waals surface area contributed by atoms with Crippen molar-refractivity contribution in [2.24, 2.45) is 0 Å². The third kappa shape index (κ3) is 10.6. The molecule has 0 aromatic carbocycles. The fourth-order valence-corrected chi connectivity index (χ4v) is 3.35. The van der Waals surface area contributed by atoms with Crippen LogP contribution in [-0.4, -0.2) is 34.5 Å². The predicted molar refractivity (Wildman–Crippen MR) is 87.7 cm³/mol. The lowest BCUT2D eigenvalue weighted by molar-refractivity contribution is -0.133. The Labute approximate surface area is 132 Å². The lowest BCUT2D eigenvalue weighted by atomic mass is 9.98. The van der Waals surface area contributed by atoms with Crippen LogP contribution in [0.2, 0.25) is 0 Å². The molecule has 0 atom stereocenters. The summed E-state index contributed by atoms with van der Waals surface area (Å²) in [5.74, 6) is -0.627. The number of hydrogen-bond acceptors (Lipinski definition) is 3. The van der Waals surface area contributed by atoms with E-state index in [-0.39, 0.29) is 23.5 Å². The maximum Gasteiger partial charge on any atom is 0.313 e. The third-order valence-electron chi connectivity index (χ3n) is 3.93. The number of thioether (sulfide) groups is 1. The van der Waals surface area contributed by atoms with E-state index in [1.807, 2.05) is 0 Å². The summed E-state index contributed by atoms with van der Waals surface area (Å²) in [6, 6.07) is 0.280. The minimum absolute atomic E-state index is 0.00190. The molecule has 21 heavy (non-hydrogen) atoms. The first kappa shape index (κ1) is 18.3. The highest BCUT2D eigenvalue weighted by atomic mass is 32.2. The van der Waals surface area contributed by atoms with E-state index in [1.165, 1.54) is 69.5 Å². The summed E-state index contributed by atoms with van der Waals surface area (Å²) in [7, 11) is 0. The van der Waals surface area contributed by atoms with Gasteiger partial charge >= 0.3 is 5.97 Å². The van der Waals surface area contributed by atoms with Gasteiger partial charge in [0, 0.05) is 6.04 Å². The minimum atomic E-state index is -0.862. The number of nitrogens with one attached hydrogen (secondary N) is 1. The van der Waals surface area contributed by atoms with Crippen LogP contribution in [0.5, 0.6) is 0 Å². The number of carbonyl (C=O) groups excluding carboxylic acids is 1. The first-order valence-electron chi connectivity index (χ1n) is 8.27. The Bertz CT molecular complexity index is 298. The Morgan fingerprint density at radius 2 is 1.33 bits per heavy atom. The van der Waals surface area contributed by atoms with Gasteiger partial charge < -0.3 is 10.4 Å². The number of carbonyl (C=O) groups is 2. The molecule has 1 aliphatic carbocycles. The zero-order chi connectivity index (χ0) is 15.3. The van der Waals surface area contributed by atoms with E-state index in [4.69, 9.17) is 5.11 Å². The van der Waals surface area contributed by atoms with Gasteiger partial charge in [-0.15, -0.1) is 11.8 Å². The molecule has 2 N–H and O–H groups in total. The highest BCUT2D eigenvalue weighted by Gasteiger charge is 2.13. The second-order valence-corrected chi connectivity index (χ2v) is 6.90. The van der Waals surface area contributed by atoms with Crippen molar-refractivity contribution in [1.82, 2.24) is 5.32 Å². The summed E-state index contributed by atoms with van der Waals surface area (Å²) >= 11 is 1.17. The third-order valence-corrected chi connectivity index (χ3v) is 4.85. The van der Waals surface area contributed by atoms with E-state index >= 15 is 0 Å². The first-order valence-corrected chi connectivity index (χ1v) is 9.43. The van der Waals surface area contributed by atoms with Gasteiger partial charge in [-0.05, 0) is 12.8 Å². The van der Waals surface area contributed by atoms with Gasteiger partial charge in [0.15, 0.2) is 0 Å². The van der Waals surface area contributed by atoms with Gasteiger partial charge in [0.1, 0.15) is 0 Å². The van der Waals surface area contributed by atoms with Crippen LogP contribution in [0.4, 0.5) is 0 Å². The fraction of sp³-hybridized carbons (Fsp3) is 0.875. The Kier molecular flexibility index (Phi) is 10.4. The quantitative estimate of drug-likeness (QED) is 0.813. The molecule has 0 saturated heterocycles. The van der Waals surface area contributed by atoms with Gasteiger partial charge in [0.25, 0.3) is 0 Å². The smallest absolute Gasteiger partial charge is 0.313 e. The number of amides is 1. The summed E-state index contributed by atoms with van der Waals surface area (Å²) in [6.07, 6.45) is 13.7. The van der Waals surface area contributed by atoms with Crippen LogP contribution in [0.25, 0.3) is 0 Å². The van der Waals surface area contributed by atoms with Crippen LogP contribution in [-0.2, 0) is 9.59 Å². The van der Waals surface area contributed by atoms with E-state index in [0.29, 0.717) is 0 Å². The molecule has 0 unspecified atom stereocenters. The first-order chi connectivity index (χ1) is 10.2. The van der Waals surface area contributed by atoms with E-state index in [0.717, 1.165) is 12.8 Å². The molecule has 1 aliphatic rings. The minimum Gasteiger partial charge on any atom is -0.481 e. The predicted octanol–water partition coefficient (Wildman–Crippen LogP) is 3.59. The summed E-state index contributed by atoms with van der Waals surface area (Å²) < 4.78 is 0. The normalized spacial score (nSPS) is 19.2. The van der Waals surface area contributed by atoms with Gasteiger partial charge in [-0.3, -0.25) is 9.59 Å². The molecule has 0 aromatic rings. The Morgan fingerprint density at radius 3 is 1.81 bits per heavy atom. The SMILES string of the molecule is O=C(O)CSCC(=O)NC1CCCCCCCCCCC1. The van der Waals surface area contributed by atoms with E-state index in [2.05, 4.69) is 5.32 Å². The number of carboxylic acids is 1. The van der Waals surface area contributed by atoms with Gasteiger partial charge in [-0.25, -0.2) is 0 Å². The highest BCUT2D eigenvalue weighted by molar-refractivity contribution is 8.00. The van der Waals surface area contributed by atoms with Crippen molar-refractivity contribution in [1.29, 1.82) is 0 Å². The molecule has 122 valence electrons. The maximum atomic E-state index is 11.8. The molecule has 4 nitrogen and oxygen atoms in total. The topological polar surface area (TPSA) is 66.4 Å². The van der Waals surface area contributed by atoms with Crippen molar-refractivity contribution in [3.8, 4) is 0 Å². The Balaban J connectivity index is 2.26. The number of aliphatic carboxylic acids is 1. The van der Waals surface area contributed by atoms with Gasteiger partial charge in [-0.1, -0.05) is 57.8 Å². The lowest BCUT2D eigenvalue weighted by Gasteiger charge is -2.19. The fourth-order valence-electron chi connectivity index (χ4n) is 2.81. The van der Waals surface area contributed by atoms with Crippen LogP contribution in [0.1, 0.15) is 70.6 Å². The van der Waals surface area contributed by atoms with E-state index < -0.39 is 5.97 Å². The van der Waals surface area contributed by atoms with E-state index in [9.17, 15) is 9.59 Å². The molecule has 0 radical (unpaired) electrons. The molecular weight excluding hydrogens is 286 g/mol. The molecule has 1 saturated carbocycles. The molecule has 5 heteroatoms. The molecule has 0 heterocycles. The summed E-state index contributed by atoms with van der Waals surface area (Å²) in [5, 5.41) is 11.7. The molecule has 0 spiro atoms. The number of hydrogen-bond donors (Lipinski definition) is 2. The van der Waals surface area contributed by atoms with Crippen molar-refractivity contribution in [2.75, 3.05) is 11.5 Å². The summed E-state index contributed by atoms with van der Waals surface area (Å²) in [6.45, 7) is 0. The average Bonchev–Trinajstić information content (AvgIpc) is 2.41. The highest BCUT2D eigenvalue weighted by Crippen LogP contribution is 2.17. The van der Waals surface area contributed by atoms with Crippen molar-refractivity contribution in [2.45, 2.75) is 76.7 Å².